The number of anilines is 3. The Hall–Kier alpha value is -7.42. The van der Waals surface area contributed by atoms with E-state index in [0.717, 1.165) is 17.1 Å². The van der Waals surface area contributed by atoms with Crippen LogP contribution in [0.2, 0.25) is 0 Å². The number of benzene rings is 9. The lowest BCUT2D eigenvalue weighted by Gasteiger charge is -2.31. The first kappa shape index (κ1) is 33.5. The minimum absolute atomic E-state index is 0.203. The van der Waals surface area contributed by atoms with Gasteiger partial charge in [0.25, 0.3) is 0 Å². The summed E-state index contributed by atoms with van der Waals surface area (Å²) in [5.41, 5.74) is 22.5. The first-order chi connectivity index (χ1) is 29.5. The summed E-state index contributed by atoms with van der Waals surface area (Å²) in [5.74, 6) is 0. The molecule has 0 unspecified atom stereocenters. The lowest BCUT2D eigenvalue weighted by atomic mass is 9.70. The van der Waals surface area contributed by atoms with Gasteiger partial charge in [0.1, 0.15) is 0 Å². The standard InChI is InChI=1S/C58H40N2/c1-57(2)49-34-30-39(59(37-17-5-3-6-18-37)38-19-7-4-8-20-38)35-48(49)44-31-29-40(36-53(44)57)60-54-28-16-12-24-45(54)47-33-32-46-43-23-11-15-27-52(43)58(55(46)56(47)60)50-25-13-9-21-41(50)42-22-10-14-26-51(42)58/h3-36H,1-2H3. The van der Waals surface area contributed by atoms with Crippen LogP contribution in [0.3, 0.4) is 0 Å². The number of hydrogen-bond donors (Lipinski definition) is 0. The van der Waals surface area contributed by atoms with Gasteiger partial charge in [0, 0.05) is 44.5 Å². The van der Waals surface area contributed by atoms with Crippen molar-refractivity contribution in [2.45, 2.75) is 24.7 Å². The Morgan fingerprint density at radius 1 is 0.367 bits per heavy atom. The van der Waals surface area contributed by atoms with Gasteiger partial charge in [0.2, 0.25) is 0 Å². The van der Waals surface area contributed by atoms with Gasteiger partial charge in [0.05, 0.1) is 16.4 Å². The molecule has 0 N–H and O–H groups in total. The second kappa shape index (κ2) is 12.1. The molecule has 0 saturated heterocycles. The highest BCUT2D eigenvalue weighted by Crippen LogP contribution is 2.64. The van der Waals surface area contributed by atoms with E-state index in [1.165, 1.54) is 94.3 Å². The molecule has 2 heteroatoms. The van der Waals surface area contributed by atoms with Crippen molar-refractivity contribution in [2.75, 3.05) is 4.90 Å². The molecule has 3 aliphatic carbocycles. The Kier molecular flexibility index (Phi) is 6.74. The number of hydrogen-bond acceptors (Lipinski definition) is 1. The molecule has 0 aliphatic heterocycles. The third-order valence-electron chi connectivity index (χ3n) is 14.0. The van der Waals surface area contributed by atoms with E-state index in [0.29, 0.717) is 0 Å². The van der Waals surface area contributed by atoms with Gasteiger partial charge in [0.15, 0.2) is 0 Å². The average molecular weight is 765 g/mol. The van der Waals surface area contributed by atoms with Gasteiger partial charge < -0.3 is 9.47 Å². The fourth-order valence-electron chi connectivity index (χ4n) is 11.5. The zero-order chi connectivity index (χ0) is 39.7. The van der Waals surface area contributed by atoms with Crippen molar-refractivity contribution in [3.63, 3.8) is 0 Å². The molecule has 0 radical (unpaired) electrons. The Bertz CT molecular complexity index is 3300. The molecule has 282 valence electrons. The summed E-state index contributed by atoms with van der Waals surface area (Å²) >= 11 is 0. The van der Waals surface area contributed by atoms with Crippen molar-refractivity contribution < 1.29 is 0 Å². The fourth-order valence-corrected chi connectivity index (χ4v) is 11.5. The van der Waals surface area contributed by atoms with Crippen LogP contribution in [0.4, 0.5) is 17.1 Å². The van der Waals surface area contributed by atoms with Crippen molar-refractivity contribution in [3.8, 4) is 39.1 Å². The summed E-state index contributed by atoms with van der Waals surface area (Å²) in [6, 6.07) is 77.0. The van der Waals surface area contributed by atoms with E-state index in [1.807, 2.05) is 0 Å². The molecule has 0 amide bonds. The second-order valence-corrected chi connectivity index (χ2v) is 17.2. The molecule has 10 aromatic rings. The van der Waals surface area contributed by atoms with Gasteiger partial charge in [-0.1, -0.05) is 166 Å². The molecule has 3 aliphatic rings. The van der Waals surface area contributed by atoms with Crippen LogP contribution in [0.1, 0.15) is 47.2 Å². The number of rotatable bonds is 4. The van der Waals surface area contributed by atoms with E-state index >= 15 is 0 Å². The molecular weight excluding hydrogens is 725 g/mol. The first-order valence-electron chi connectivity index (χ1n) is 21.1. The second-order valence-electron chi connectivity index (χ2n) is 17.2. The number of nitrogens with zero attached hydrogens (tertiary/aromatic N) is 2. The lowest BCUT2D eigenvalue weighted by Crippen LogP contribution is -2.26. The zero-order valence-electron chi connectivity index (χ0n) is 33.5. The van der Waals surface area contributed by atoms with Gasteiger partial charge in [-0.2, -0.15) is 0 Å². The first-order valence-corrected chi connectivity index (χ1v) is 21.1. The molecule has 1 spiro atoms. The summed E-state index contributed by atoms with van der Waals surface area (Å²) < 4.78 is 2.60. The molecule has 0 bridgehead atoms. The normalized spacial score (nSPS) is 14.4. The minimum Gasteiger partial charge on any atom is -0.310 e. The molecule has 1 heterocycles. The van der Waals surface area contributed by atoms with Crippen LogP contribution in [-0.4, -0.2) is 4.57 Å². The van der Waals surface area contributed by atoms with E-state index in [-0.39, 0.29) is 5.41 Å². The minimum atomic E-state index is -0.462. The van der Waals surface area contributed by atoms with Gasteiger partial charge in [-0.05, 0) is 116 Å². The molecule has 0 fully saturated rings. The van der Waals surface area contributed by atoms with Crippen molar-refractivity contribution in [1.29, 1.82) is 0 Å². The van der Waals surface area contributed by atoms with Gasteiger partial charge in [-0.3, -0.25) is 0 Å². The van der Waals surface area contributed by atoms with Crippen LogP contribution in [-0.2, 0) is 10.8 Å². The van der Waals surface area contributed by atoms with Crippen molar-refractivity contribution >= 4 is 38.9 Å². The number of para-hydroxylation sites is 3. The largest absolute Gasteiger partial charge is 0.310 e. The van der Waals surface area contributed by atoms with E-state index in [1.54, 1.807) is 0 Å². The Morgan fingerprint density at radius 2 is 0.900 bits per heavy atom. The van der Waals surface area contributed by atoms with Crippen LogP contribution < -0.4 is 4.90 Å². The lowest BCUT2D eigenvalue weighted by molar-refractivity contribution is 0.660. The Morgan fingerprint density at radius 3 is 1.55 bits per heavy atom. The average Bonchev–Trinajstić information content (AvgIpc) is 3.97. The third kappa shape index (κ3) is 4.22. The topological polar surface area (TPSA) is 8.17 Å². The number of fused-ring (bicyclic) bond motifs is 17. The summed E-state index contributed by atoms with van der Waals surface area (Å²) in [6.07, 6.45) is 0. The number of aromatic nitrogens is 1. The Labute approximate surface area is 350 Å². The molecule has 0 atom stereocenters. The maximum absolute atomic E-state index is 2.60. The van der Waals surface area contributed by atoms with Crippen LogP contribution >= 0.6 is 0 Å². The zero-order valence-corrected chi connectivity index (χ0v) is 33.5. The molecule has 9 aromatic carbocycles. The van der Waals surface area contributed by atoms with E-state index in [4.69, 9.17) is 0 Å². The van der Waals surface area contributed by atoms with E-state index in [2.05, 4.69) is 230 Å². The highest BCUT2D eigenvalue weighted by Gasteiger charge is 2.53. The maximum Gasteiger partial charge on any atom is 0.0746 e. The van der Waals surface area contributed by atoms with Crippen LogP contribution in [0.25, 0.3) is 60.9 Å². The molecule has 1 aromatic heterocycles. The molecule has 13 rings (SSSR count). The van der Waals surface area contributed by atoms with Crippen molar-refractivity contribution in [1.82, 2.24) is 4.57 Å². The summed E-state index contributed by atoms with van der Waals surface area (Å²) in [7, 11) is 0. The fraction of sp³-hybridized carbons (Fsp3) is 0.0690. The van der Waals surface area contributed by atoms with Crippen LogP contribution in [0.5, 0.6) is 0 Å². The molecule has 60 heavy (non-hydrogen) atoms. The highest BCUT2D eigenvalue weighted by atomic mass is 15.1. The summed E-state index contributed by atoms with van der Waals surface area (Å²) in [6.45, 7) is 4.80. The van der Waals surface area contributed by atoms with E-state index in [9.17, 15) is 0 Å². The monoisotopic (exact) mass is 764 g/mol. The molecular formula is C58H40N2. The predicted octanol–water partition coefficient (Wildman–Crippen LogP) is 14.9. The molecule has 2 nitrogen and oxygen atoms in total. The van der Waals surface area contributed by atoms with E-state index < -0.39 is 5.41 Å². The third-order valence-corrected chi connectivity index (χ3v) is 14.0. The quantitative estimate of drug-likeness (QED) is 0.173. The summed E-state index contributed by atoms with van der Waals surface area (Å²) in [5, 5.41) is 2.56. The maximum atomic E-state index is 2.60. The highest BCUT2D eigenvalue weighted by molar-refractivity contribution is 6.14. The van der Waals surface area contributed by atoms with Crippen molar-refractivity contribution in [2.24, 2.45) is 0 Å². The smallest absolute Gasteiger partial charge is 0.0746 e. The SMILES string of the molecule is CC1(C)c2ccc(N(c3ccccc3)c3ccccc3)cc2-c2ccc(-n3c4ccccc4c4ccc5c(c43)C3(c4ccccc4-c4ccccc43)c3ccccc3-5)cc21. The molecule has 0 saturated carbocycles. The van der Waals surface area contributed by atoms with Gasteiger partial charge in [-0.25, -0.2) is 0 Å². The van der Waals surface area contributed by atoms with Gasteiger partial charge >= 0.3 is 0 Å². The van der Waals surface area contributed by atoms with Gasteiger partial charge in [-0.15, -0.1) is 0 Å². The van der Waals surface area contributed by atoms with Crippen LogP contribution in [0, 0.1) is 0 Å². The summed E-state index contributed by atoms with van der Waals surface area (Å²) in [4.78, 5) is 2.37. The van der Waals surface area contributed by atoms with Crippen molar-refractivity contribution in [3.05, 3.63) is 240 Å². The van der Waals surface area contributed by atoms with Crippen LogP contribution in [0.15, 0.2) is 206 Å². The Balaban J connectivity index is 1.07. The predicted molar refractivity (Wildman–Crippen MR) is 249 cm³/mol.